The molecule has 0 aromatic carbocycles. The van der Waals surface area contributed by atoms with Crippen LogP contribution in [0.1, 0.15) is 12.8 Å². The molecule has 0 heterocycles. The van der Waals surface area contributed by atoms with E-state index in [4.69, 9.17) is 5.90 Å². The standard InChI is InChI=1S/C6H12N4O7.Pd/c7-14-3(11)1-6(17-10,5(13)16-9)2-4(12)15-8;/h1-2,7-10H2;. The molecule has 8 N–H and O–H groups in total. The largest absolute Gasteiger partial charge is 0.373 e. The number of nitrogens with two attached hydrogens (primary N) is 4. The second-order valence-electron chi connectivity index (χ2n) is 2.85. The van der Waals surface area contributed by atoms with Gasteiger partial charge in [0.25, 0.3) is 0 Å². The molecule has 0 radical (unpaired) electrons. The Hall–Kier alpha value is -1.13. The van der Waals surface area contributed by atoms with E-state index in [0.29, 0.717) is 0 Å². The molecule has 0 aromatic rings. The fourth-order valence-corrected chi connectivity index (χ4v) is 0.995. The van der Waals surface area contributed by atoms with E-state index in [1.807, 2.05) is 0 Å². The molecule has 0 fully saturated rings. The molecule has 0 aliphatic carbocycles. The summed E-state index contributed by atoms with van der Waals surface area (Å²) in [4.78, 5) is 49.0. The van der Waals surface area contributed by atoms with Crippen LogP contribution in [0, 0.1) is 0 Å². The Morgan fingerprint density at radius 2 is 1.22 bits per heavy atom. The summed E-state index contributed by atoms with van der Waals surface area (Å²) < 4.78 is 0. The first kappa shape index (κ1) is 19.2. The summed E-state index contributed by atoms with van der Waals surface area (Å²) in [6.07, 6.45) is -1.63. The predicted molar refractivity (Wildman–Crippen MR) is 48.1 cm³/mol. The first-order valence-corrected chi connectivity index (χ1v) is 4.04. The summed E-state index contributed by atoms with van der Waals surface area (Å²) in [6, 6.07) is 0. The molecule has 0 aliphatic heterocycles. The Labute approximate surface area is 114 Å². The van der Waals surface area contributed by atoms with Crippen molar-refractivity contribution in [2.24, 2.45) is 23.6 Å². The van der Waals surface area contributed by atoms with E-state index in [1.165, 1.54) is 0 Å². The van der Waals surface area contributed by atoms with E-state index in [2.05, 4.69) is 37.0 Å². The van der Waals surface area contributed by atoms with Crippen LogP contribution < -0.4 is 23.6 Å². The molecule has 0 unspecified atom stereocenters. The van der Waals surface area contributed by atoms with Gasteiger partial charge in [0.1, 0.15) is 0 Å². The summed E-state index contributed by atoms with van der Waals surface area (Å²) in [5, 5.41) is 0. The number of hydrogen-bond donors (Lipinski definition) is 4. The third kappa shape index (κ3) is 5.02. The normalized spacial score (nSPS) is 10.0. The van der Waals surface area contributed by atoms with E-state index in [9.17, 15) is 14.4 Å². The minimum atomic E-state index is -2.22. The molecule has 0 amide bonds. The third-order valence-corrected chi connectivity index (χ3v) is 1.83. The summed E-state index contributed by atoms with van der Waals surface area (Å²) in [7, 11) is 0. The molecule has 12 heteroatoms. The fourth-order valence-electron chi connectivity index (χ4n) is 0.995. The minimum absolute atomic E-state index is 0. The summed E-state index contributed by atoms with van der Waals surface area (Å²) in [5.41, 5.74) is -2.22. The molecular weight excluding hydrogens is 347 g/mol. The predicted octanol–water partition coefficient (Wildman–Crippen LogP) is -3.36. The molecule has 18 heavy (non-hydrogen) atoms. The van der Waals surface area contributed by atoms with Gasteiger partial charge in [-0.3, -0.25) is 14.4 Å². The van der Waals surface area contributed by atoms with E-state index in [0.717, 1.165) is 0 Å². The molecule has 108 valence electrons. The number of rotatable bonds is 6. The Balaban J connectivity index is 0. The summed E-state index contributed by atoms with van der Waals surface area (Å²) in [6.45, 7) is 0. The molecule has 0 aromatic heterocycles. The van der Waals surface area contributed by atoms with Crippen molar-refractivity contribution in [3.63, 3.8) is 0 Å². The van der Waals surface area contributed by atoms with E-state index in [1.54, 1.807) is 0 Å². The molecular formula is C6H12N4O7Pd. The van der Waals surface area contributed by atoms with Crippen molar-refractivity contribution in [1.82, 2.24) is 0 Å². The van der Waals surface area contributed by atoms with E-state index in [-0.39, 0.29) is 20.4 Å². The Bertz CT molecular complexity index is 294. The van der Waals surface area contributed by atoms with E-state index >= 15 is 0 Å². The molecule has 0 saturated heterocycles. The zero-order chi connectivity index (χ0) is 13.5. The second kappa shape index (κ2) is 8.89. The molecule has 0 bridgehead atoms. The van der Waals surface area contributed by atoms with Crippen molar-refractivity contribution < 1.29 is 54.2 Å². The molecule has 0 spiro atoms. The van der Waals surface area contributed by atoms with Crippen LogP contribution in [0.5, 0.6) is 0 Å². The van der Waals surface area contributed by atoms with Gasteiger partial charge >= 0.3 is 17.9 Å². The van der Waals surface area contributed by atoms with Crippen molar-refractivity contribution in [3.05, 3.63) is 0 Å². The van der Waals surface area contributed by atoms with Gasteiger partial charge in [-0.25, -0.2) is 10.7 Å². The van der Waals surface area contributed by atoms with Gasteiger partial charge in [0.05, 0.1) is 12.8 Å². The topological polar surface area (TPSA) is 192 Å². The molecule has 0 aliphatic rings. The van der Waals surface area contributed by atoms with Gasteiger partial charge in [0, 0.05) is 20.4 Å². The van der Waals surface area contributed by atoms with Crippen LogP contribution in [0.25, 0.3) is 0 Å². The van der Waals surface area contributed by atoms with Crippen LogP contribution in [0.3, 0.4) is 0 Å². The van der Waals surface area contributed by atoms with Gasteiger partial charge < -0.3 is 14.5 Å². The van der Waals surface area contributed by atoms with Gasteiger partial charge in [-0.2, -0.15) is 17.7 Å². The fraction of sp³-hybridized carbons (Fsp3) is 0.500. The average Bonchev–Trinajstić information content (AvgIpc) is 2.36. The smallest absolute Gasteiger partial charge is 0.360 e. The van der Waals surface area contributed by atoms with Gasteiger partial charge in [-0.05, 0) is 0 Å². The molecule has 11 nitrogen and oxygen atoms in total. The second-order valence-corrected chi connectivity index (χ2v) is 2.85. The Morgan fingerprint density at radius 3 is 1.44 bits per heavy atom. The molecule has 0 atom stereocenters. The van der Waals surface area contributed by atoms with Gasteiger partial charge in [0.15, 0.2) is 0 Å². The Morgan fingerprint density at radius 1 is 0.833 bits per heavy atom. The maximum atomic E-state index is 11.3. The van der Waals surface area contributed by atoms with Crippen molar-refractivity contribution in [2.75, 3.05) is 0 Å². The Kier molecular flexibility index (Phi) is 9.49. The zero-order valence-corrected chi connectivity index (χ0v) is 10.5. The van der Waals surface area contributed by atoms with Gasteiger partial charge in [0.2, 0.25) is 5.60 Å². The maximum absolute atomic E-state index is 11.3. The van der Waals surface area contributed by atoms with Crippen LogP contribution >= 0.6 is 0 Å². The van der Waals surface area contributed by atoms with Gasteiger partial charge in [-0.1, -0.05) is 0 Å². The molecule has 0 rings (SSSR count). The first-order chi connectivity index (χ1) is 7.95. The maximum Gasteiger partial charge on any atom is 0.360 e. The third-order valence-electron chi connectivity index (χ3n) is 1.83. The summed E-state index contributed by atoms with van der Waals surface area (Å²) >= 11 is 0. The zero-order valence-electron chi connectivity index (χ0n) is 8.90. The number of carbonyl (C=O) groups is 3. The first-order valence-electron chi connectivity index (χ1n) is 4.04. The van der Waals surface area contributed by atoms with Crippen molar-refractivity contribution in [2.45, 2.75) is 18.4 Å². The van der Waals surface area contributed by atoms with E-state index < -0.39 is 36.4 Å². The molecule has 0 saturated carbocycles. The number of carbonyl (C=O) groups excluding carboxylic acids is 3. The SMILES string of the molecule is NOC(=O)CC(CC(=O)ON)(ON)C(=O)ON.[Pd]. The van der Waals surface area contributed by atoms with Crippen molar-refractivity contribution in [1.29, 1.82) is 0 Å². The van der Waals surface area contributed by atoms with Crippen LogP contribution in [-0.2, 0) is 54.2 Å². The van der Waals surface area contributed by atoms with Crippen molar-refractivity contribution in [3.8, 4) is 0 Å². The van der Waals surface area contributed by atoms with Crippen LogP contribution in [0.4, 0.5) is 0 Å². The monoisotopic (exact) mass is 358 g/mol. The summed E-state index contributed by atoms with van der Waals surface area (Å²) in [5.74, 6) is 15.1. The number of hydrogen-bond acceptors (Lipinski definition) is 11. The average molecular weight is 359 g/mol. The van der Waals surface area contributed by atoms with Crippen LogP contribution in [0.2, 0.25) is 0 Å². The van der Waals surface area contributed by atoms with Crippen LogP contribution in [-0.4, -0.2) is 23.5 Å². The van der Waals surface area contributed by atoms with Crippen LogP contribution in [0.15, 0.2) is 0 Å². The van der Waals surface area contributed by atoms with Crippen molar-refractivity contribution >= 4 is 17.9 Å². The minimum Gasteiger partial charge on any atom is -0.373 e. The quantitative estimate of drug-likeness (QED) is 0.273. The van der Waals surface area contributed by atoms with Gasteiger partial charge in [-0.15, -0.1) is 0 Å².